The van der Waals surface area contributed by atoms with E-state index in [2.05, 4.69) is 45.2 Å². The van der Waals surface area contributed by atoms with Crippen molar-refractivity contribution in [2.45, 2.75) is 47.0 Å². The molecule has 1 aromatic heterocycles. The minimum atomic E-state index is -0.149. The van der Waals surface area contributed by atoms with Crippen molar-refractivity contribution in [3.8, 4) is 0 Å². The van der Waals surface area contributed by atoms with Crippen molar-refractivity contribution in [2.24, 2.45) is 5.41 Å². The molecule has 1 heterocycles. The fraction of sp³-hybridized carbons (Fsp3) is 0.276. The predicted molar refractivity (Wildman–Crippen MR) is 134 cm³/mol. The van der Waals surface area contributed by atoms with E-state index in [4.69, 9.17) is 4.42 Å². The molecule has 4 rings (SSSR count). The third-order valence-electron chi connectivity index (χ3n) is 6.26. The molecule has 0 unspecified atom stereocenters. The Balaban J connectivity index is 1.52. The summed E-state index contributed by atoms with van der Waals surface area (Å²) in [5.41, 5.74) is 6.37. The average molecular weight is 426 g/mol. The van der Waals surface area contributed by atoms with Gasteiger partial charge in [0.2, 0.25) is 0 Å². The lowest BCUT2D eigenvalue weighted by molar-refractivity contribution is 0.102. The van der Waals surface area contributed by atoms with E-state index in [1.165, 1.54) is 30.4 Å². The number of carbonyl (C=O) groups excluding carboxylic acids is 1. The number of anilines is 1. The number of benzene rings is 2. The molecule has 3 heteroatoms. The van der Waals surface area contributed by atoms with Gasteiger partial charge in [0.1, 0.15) is 11.3 Å². The highest BCUT2D eigenvalue weighted by atomic mass is 16.3. The Morgan fingerprint density at radius 3 is 2.62 bits per heavy atom. The van der Waals surface area contributed by atoms with Crippen LogP contribution in [0.15, 0.2) is 87.9 Å². The number of rotatable bonds is 5. The van der Waals surface area contributed by atoms with Crippen LogP contribution in [0.3, 0.4) is 0 Å². The third-order valence-corrected chi connectivity index (χ3v) is 6.26. The van der Waals surface area contributed by atoms with Crippen molar-refractivity contribution in [1.29, 1.82) is 0 Å². The number of nitrogens with one attached hydrogen (secondary N) is 1. The molecule has 32 heavy (non-hydrogen) atoms. The Hall–Kier alpha value is -3.33. The van der Waals surface area contributed by atoms with Crippen molar-refractivity contribution >= 4 is 28.6 Å². The summed E-state index contributed by atoms with van der Waals surface area (Å²) in [7, 11) is 0. The van der Waals surface area contributed by atoms with Crippen molar-refractivity contribution in [3.63, 3.8) is 0 Å². The second-order valence-electron chi connectivity index (χ2n) is 9.37. The second-order valence-corrected chi connectivity index (χ2v) is 9.37. The highest BCUT2D eigenvalue weighted by Crippen LogP contribution is 2.40. The van der Waals surface area contributed by atoms with Crippen LogP contribution >= 0.6 is 0 Å². The van der Waals surface area contributed by atoms with Crippen LogP contribution in [0.1, 0.15) is 63.1 Å². The monoisotopic (exact) mass is 425 g/mol. The van der Waals surface area contributed by atoms with Crippen molar-refractivity contribution in [2.75, 3.05) is 5.32 Å². The summed E-state index contributed by atoms with van der Waals surface area (Å²) in [5, 5.41) is 3.90. The molecule has 1 N–H and O–H groups in total. The first-order chi connectivity index (χ1) is 15.3. The van der Waals surface area contributed by atoms with E-state index >= 15 is 0 Å². The summed E-state index contributed by atoms with van der Waals surface area (Å²) in [6, 6.07) is 17.0. The largest absolute Gasteiger partial charge is 0.457 e. The molecule has 0 atom stereocenters. The van der Waals surface area contributed by atoms with E-state index < -0.39 is 0 Å². The molecular weight excluding hydrogens is 394 g/mol. The average Bonchev–Trinajstić information content (AvgIpc) is 3.15. The van der Waals surface area contributed by atoms with Gasteiger partial charge in [-0.2, -0.15) is 0 Å². The number of hydrogen-bond acceptors (Lipinski definition) is 2. The number of amides is 1. The lowest BCUT2D eigenvalue weighted by atomic mass is 9.72. The highest BCUT2D eigenvalue weighted by Gasteiger charge is 2.26. The van der Waals surface area contributed by atoms with Gasteiger partial charge in [-0.25, -0.2) is 0 Å². The maximum absolute atomic E-state index is 12.6. The van der Waals surface area contributed by atoms with E-state index in [1.807, 2.05) is 54.6 Å². The zero-order valence-corrected chi connectivity index (χ0v) is 19.4. The molecule has 0 radical (unpaired) electrons. The van der Waals surface area contributed by atoms with Crippen LogP contribution < -0.4 is 5.32 Å². The molecule has 0 spiro atoms. The Morgan fingerprint density at radius 1 is 1.09 bits per heavy atom. The number of furan rings is 1. The van der Waals surface area contributed by atoms with Gasteiger partial charge in [0.25, 0.3) is 5.91 Å². The molecule has 3 nitrogen and oxygen atoms in total. The summed E-state index contributed by atoms with van der Waals surface area (Å²) in [4.78, 5) is 12.6. The molecule has 0 saturated heterocycles. The van der Waals surface area contributed by atoms with Crippen LogP contribution in [0.4, 0.5) is 5.69 Å². The predicted octanol–water partition coefficient (Wildman–Crippen LogP) is 8.17. The molecule has 0 bridgehead atoms. The van der Waals surface area contributed by atoms with Gasteiger partial charge in [0.05, 0.1) is 0 Å². The van der Waals surface area contributed by atoms with Crippen LogP contribution in [0.2, 0.25) is 0 Å². The maximum atomic E-state index is 12.6. The van der Waals surface area contributed by atoms with Gasteiger partial charge in [0.15, 0.2) is 0 Å². The van der Waals surface area contributed by atoms with Crippen LogP contribution in [-0.2, 0) is 0 Å². The van der Waals surface area contributed by atoms with E-state index in [0.717, 1.165) is 22.4 Å². The lowest BCUT2D eigenvalue weighted by Gasteiger charge is -2.32. The molecule has 1 aliphatic carbocycles. The first-order valence-corrected chi connectivity index (χ1v) is 11.3. The molecule has 2 aromatic carbocycles. The standard InChI is InChI=1S/C29H31NO2/c1-20(12-15-26-21(2)9-8-16-29(26,3)4)17-25-18-22-13-14-23(19-27(22)32-25)28(31)30-24-10-6-5-7-11-24/h5-7,10-15,17-19H,8-9,16H2,1-4H3,(H,30,31)/b15-12+,20-17+. The summed E-state index contributed by atoms with van der Waals surface area (Å²) in [6.07, 6.45) is 10.2. The molecule has 0 aliphatic heterocycles. The SMILES string of the molecule is CC1=C(/C=C/C(C)=C/c2cc3ccc(C(=O)Nc4ccccc4)cc3o2)C(C)(C)CCC1. The Kier molecular flexibility index (Phi) is 6.18. The number of hydrogen-bond donors (Lipinski definition) is 1. The topological polar surface area (TPSA) is 42.2 Å². The molecule has 1 amide bonds. The van der Waals surface area contributed by atoms with Gasteiger partial charge in [-0.15, -0.1) is 0 Å². The smallest absolute Gasteiger partial charge is 0.255 e. The highest BCUT2D eigenvalue weighted by molar-refractivity contribution is 6.06. The summed E-state index contributed by atoms with van der Waals surface area (Å²) < 4.78 is 6.03. The van der Waals surface area contributed by atoms with Crippen LogP contribution in [0.5, 0.6) is 0 Å². The number of allylic oxidation sites excluding steroid dienone is 5. The molecule has 164 valence electrons. The molecule has 0 saturated carbocycles. The van der Waals surface area contributed by atoms with E-state index in [0.29, 0.717) is 11.1 Å². The van der Waals surface area contributed by atoms with Gasteiger partial charge in [-0.3, -0.25) is 4.79 Å². The van der Waals surface area contributed by atoms with Gasteiger partial charge >= 0.3 is 0 Å². The number of fused-ring (bicyclic) bond motifs is 1. The first-order valence-electron chi connectivity index (χ1n) is 11.3. The van der Waals surface area contributed by atoms with Gasteiger partial charge in [-0.1, -0.05) is 55.8 Å². The molecule has 1 aliphatic rings. The normalized spacial score (nSPS) is 16.7. The van der Waals surface area contributed by atoms with Gasteiger partial charge in [0, 0.05) is 16.6 Å². The van der Waals surface area contributed by atoms with Crippen molar-refractivity contribution < 1.29 is 9.21 Å². The molecular formula is C29H31NO2. The van der Waals surface area contributed by atoms with Crippen molar-refractivity contribution in [3.05, 3.63) is 94.8 Å². The van der Waals surface area contributed by atoms with E-state index in [1.54, 1.807) is 6.07 Å². The van der Waals surface area contributed by atoms with Crippen LogP contribution in [0.25, 0.3) is 17.0 Å². The zero-order valence-electron chi connectivity index (χ0n) is 19.4. The fourth-order valence-electron chi connectivity index (χ4n) is 4.49. The van der Waals surface area contributed by atoms with E-state index in [-0.39, 0.29) is 11.3 Å². The minimum Gasteiger partial charge on any atom is -0.457 e. The second kappa shape index (κ2) is 9.04. The van der Waals surface area contributed by atoms with E-state index in [9.17, 15) is 4.79 Å². The van der Waals surface area contributed by atoms with Crippen molar-refractivity contribution in [1.82, 2.24) is 0 Å². The third kappa shape index (κ3) is 4.94. The minimum absolute atomic E-state index is 0.149. The van der Waals surface area contributed by atoms with Gasteiger partial charge in [-0.05, 0) is 86.1 Å². The summed E-state index contributed by atoms with van der Waals surface area (Å²) in [5.74, 6) is 0.640. The number of carbonyl (C=O) groups is 1. The molecule has 0 fully saturated rings. The van der Waals surface area contributed by atoms with Crippen LogP contribution in [-0.4, -0.2) is 5.91 Å². The zero-order chi connectivity index (χ0) is 22.7. The number of para-hydroxylation sites is 1. The first kappa shape index (κ1) is 21.9. The lowest BCUT2D eigenvalue weighted by Crippen LogP contribution is -2.19. The molecule has 3 aromatic rings. The van der Waals surface area contributed by atoms with Crippen LogP contribution in [0, 0.1) is 5.41 Å². The summed E-state index contributed by atoms with van der Waals surface area (Å²) >= 11 is 0. The maximum Gasteiger partial charge on any atom is 0.255 e. The Morgan fingerprint density at radius 2 is 1.88 bits per heavy atom. The Labute approximate surface area is 190 Å². The summed E-state index contributed by atoms with van der Waals surface area (Å²) in [6.45, 7) is 9.01. The fourth-order valence-corrected chi connectivity index (χ4v) is 4.49. The quantitative estimate of drug-likeness (QED) is 0.419. The Bertz CT molecular complexity index is 1220. The van der Waals surface area contributed by atoms with Gasteiger partial charge < -0.3 is 9.73 Å².